The van der Waals surface area contributed by atoms with Crippen molar-refractivity contribution in [2.75, 3.05) is 6.61 Å². The van der Waals surface area contributed by atoms with E-state index in [-0.39, 0.29) is 5.04 Å². The lowest BCUT2D eigenvalue weighted by molar-refractivity contribution is 0.282. The highest BCUT2D eigenvalue weighted by Crippen LogP contribution is 2.36. The van der Waals surface area contributed by atoms with Crippen LogP contribution in [-0.4, -0.2) is 19.9 Å². The zero-order chi connectivity index (χ0) is 17.0. The van der Waals surface area contributed by atoms with E-state index < -0.39 is 8.32 Å². The molecule has 0 spiro atoms. The Morgan fingerprint density at radius 1 is 1.27 bits per heavy atom. The van der Waals surface area contributed by atoms with Crippen molar-refractivity contribution in [1.82, 2.24) is 4.98 Å². The summed E-state index contributed by atoms with van der Waals surface area (Å²) in [6.45, 7) is 17.2. The second-order valence-electron chi connectivity index (χ2n) is 7.91. The molecule has 2 N–H and O–H groups in total. The molecule has 0 aliphatic rings. The fraction of sp³-hybridized carbons (Fsp3) is 0.722. The van der Waals surface area contributed by atoms with Gasteiger partial charge in [-0.1, -0.05) is 34.6 Å². The maximum Gasteiger partial charge on any atom is 0.191 e. The minimum atomic E-state index is -1.63. The Kier molecular flexibility index (Phi) is 6.78. The third kappa shape index (κ3) is 4.90. The zero-order valence-electron chi connectivity index (χ0n) is 15.5. The summed E-state index contributed by atoms with van der Waals surface area (Å²) in [6.07, 6.45) is 3.98. The first kappa shape index (κ1) is 19.3. The summed E-state index contributed by atoms with van der Waals surface area (Å²) in [5, 5.41) is 0.275. The predicted octanol–water partition coefficient (Wildman–Crippen LogP) is 4.62. The number of nitrogens with zero attached hydrogens (tertiary/aromatic N) is 1. The molecule has 1 heterocycles. The fourth-order valence-electron chi connectivity index (χ4n) is 2.32. The molecule has 126 valence electrons. The molecule has 0 aliphatic heterocycles. The molecule has 1 rings (SSSR count). The van der Waals surface area contributed by atoms with Crippen LogP contribution in [0.25, 0.3) is 0 Å². The fourth-order valence-corrected chi connectivity index (χ4v) is 3.41. The minimum Gasteiger partial charge on any atom is -0.417 e. The molecule has 0 radical (unpaired) electrons. The Labute approximate surface area is 137 Å². The molecule has 0 aliphatic carbocycles. The highest BCUT2D eigenvalue weighted by molar-refractivity contribution is 6.74. The second kappa shape index (κ2) is 7.71. The molecule has 0 saturated heterocycles. The highest BCUT2D eigenvalue weighted by Gasteiger charge is 2.36. The van der Waals surface area contributed by atoms with Crippen LogP contribution >= 0.6 is 0 Å². The number of rotatable bonds is 7. The molecule has 0 unspecified atom stereocenters. The van der Waals surface area contributed by atoms with E-state index in [4.69, 9.17) is 10.2 Å². The Bertz CT molecular complexity index is 478. The van der Waals surface area contributed by atoms with E-state index in [2.05, 4.69) is 58.8 Å². The molecule has 0 aromatic carbocycles. The molecule has 1 aromatic heterocycles. The van der Waals surface area contributed by atoms with Crippen LogP contribution in [0.1, 0.15) is 63.8 Å². The third-order valence-corrected chi connectivity index (χ3v) is 9.33. The molecule has 1 aromatic rings. The average Bonchev–Trinajstić information content (AvgIpc) is 2.41. The molecule has 0 atom stereocenters. The van der Waals surface area contributed by atoms with Gasteiger partial charge in [-0.2, -0.15) is 0 Å². The minimum absolute atomic E-state index is 0.275. The molecule has 0 bridgehead atoms. The van der Waals surface area contributed by atoms with E-state index in [9.17, 15) is 0 Å². The van der Waals surface area contributed by atoms with Crippen LogP contribution in [0.2, 0.25) is 18.1 Å². The molecule has 0 amide bonds. The van der Waals surface area contributed by atoms with Gasteiger partial charge in [0.05, 0.1) is 0 Å². The molecule has 4 heteroatoms. The van der Waals surface area contributed by atoms with Gasteiger partial charge in [-0.05, 0) is 54.1 Å². The maximum absolute atomic E-state index is 6.26. The number of pyridine rings is 1. The average molecular weight is 323 g/mol. The van der Waals surface area contributed by atoms with Gasteiger partial charge >= 0.3 is 0 Å². The van der Waals surface area contributed by atoms with Gasteiger partial charge in [0.25, 0.3) is 0 Å². The summed E-state index contributed by atoms with van der Waals surface area (Å²) in [4.78, 5) is 4.51. The van der Waals surface area contributed by atoms with E-state index in [1.54, 1.807) is 0 Å². The van der Waals surface area contributed by atoms with Gasteiger partial charge < -0.3 is 10.2 Å². The van der Waals surface area contributed by atoms with E-state index in [1.807, 2.05) is 6.20 Å². The predicted molar refractivity (Wildman–Crippen MR) is 97.7 cm³/mol. The van der Waals surface area contributed by atoms with E-state index >= 15 is 0 Å². The number of hydrogen-bond donors (Lipinski definition) is 1. The van der Waals surface area contributed by atoms with Crippen LogP contribution in [0, 0.1) is 0 Å². The summed E-state index contributed by atoms with van der Waals surface area (Å²) in [6, 6.07) is 2.11. The third-order valence-electron chi connectivity index (χ3n) is 4.80. The van der Waals surface area contributed by atoms with Crippen LogP contribution in [-0.2, 0) is 17.4 Å². The number of nitrogens with two attached hydrogens (primary N) is 1. The summed E-state index contributed by atoms with van der Waals surface area (Å²) in [5.74, 6) is 0.419. The summed E-state index contributed by atoms with van der Waals surface area (Å²) < 4.78 is 6.26. The number of aryl methyl sites for hydroxylation is 1. The summed E-state index contributed by atoms with van der Waals surface area (Å²) in [5.41, 5.74) is 9.66. The molecular formula is C18H34N2OSi. The van der Waals surface area contributed by atoms with Crippen molar-refractivity contribution >= 4 is 8.32 Å². The molecule has 0 fully saturated rings. The zero-order valence-corrected chi connectivity index (χ0v) is 16.5. The van der Waals surface area contributed by atoms with Crippen molar-refractivity contribution in [3.05, 3.63) is 29.1 Å². The van der Waals surface area contributed by atoms with Crippen molar-refractivity contribution in [1.29, 1.82) is 0 Å². The number of hydrogen-bond acceptors (Lipinski definition) is 3. The Hall–Kier alpha value is -0.713. The first-order chi connectivity index (χ1) is 10.1. The van der Waals surface area contributed by atoms with Crippen LogP contribution in [0.4, 0.5) is 0 Å². The molecule has 0 saturated carbocycles. The van der Waals surface area contributed by atoms with Gasteiger partial charge in [0.15, 0.2) is 8.32 Å². The standard InChI is InChI=1S/C18H34N2OSi/c1-14(2)17-16(13-19)15(10-11-20-17)9-8-12-21-22(6,7)18(3,4)5/h10-11,14H,8-9,12-13,19H2,1-7H3. The summed E-state index contributed by atoms with van der Waals surface area (Å²) in [7, 11) is -1.63. The van der Waals surface area contributed by atoms with Crippen LogP contribution in [0.15, 0.2) is 12.3 Å². The van der Waals surface area contributed by atoms with E-state index in [1.165, 1.54) is 11.1 Å². The van der Waals surface area contributed by atoms with Gasteiger partial charge in [-0.15, -0.1) is 0 Å². The monoisotopic (exact) mass is 322 g/mol. The molecule has 22 heavy (non-hydrogen) atoms. The van der Waals surface area contributed by atoms with Crippen molar-refractivity contribution in [2.24, 2.45) is 5.73 Å². The van der Waals surface area contributed by atoms with Gasteiger partial charge in [0, 0.05) is 25.0 Å². The van der Waals surface area contributed by atoms with Gasteiger partial charge in [-0.3, -0.25) is 4.98 Å². The Morgan fingerprint density at radius 3 is 2.41 bits per heavy atom. The van der Waals surface area contributed by atoms with Gasteiger partial charge in [-0.25, -0.2) is 0 Å². The van der Waals surface area contributed by atoms with E-state index in [0.29, 0.717) is 12.5 Å². The van der Waals surface area contributed by atoms with Crippen LogP contribution in [0.3, 0.4) is 0 Å². The van der Waals surface area contributed by atoms with Crippen molar-refractivity contribution < 1.29 is 4.43 Å². The first-order valence-electron chi connectivity index (χ1n) is 8.41. The van der Waals surface area contributed by atoms with Crippen molar-refractivity contribution in [3.63, 3.8) is 0 Å². The SMILES string of the molecule is CC(C)c1nccc(CCCO[Si](C)(C)C(C)(C)C)c1CN. The smallest absolute Gasteiger partial charge is 0.191 e. The Balaban J connectivity index is 2.65. The normalized spacial score (nSPS) is 13.0. The lowest BCUT2D eigenvalue weighted by Gasteiger charge is -2.36. The second-order valence-corrected chi connectivity index (χ2v) is 12.7. The van der Waals surface area contributed by atoms with Crippen LogP contribution < -0.4 is 5.73 Å². The maximum atomic E-state index is 6.26. The van der Waals surface area contributed by atoms with Crippen molar-refractivity contribution in [2.45, 2.75) is 78.1 Å². The largest absolute Gasteiger partial charge is 0.417 e. The van der Waals surface area contributed by atoms with Gasteiger partial charge in [0.1, 0.15) is 0 Å². The lowest BCUT2D eigenvalue weighted by atomic mass is 9.97. The topological polar surface area (TPSA) is 48.1 Å². The Morgan fingerprint density at radius 2 is 1.91 bits per heavy atom. The first-order valence-corrected chi connectivity index (χ1v) is 11.3. The number of aromatic nitrogens is 1. The summed E-state index contributed by atoms with van der Waals surface area (Å²) >= 11 is 0. The molecular weight excluding hydrogens is 288 g/mol. The van der Waals surface area contributed by atoms with E-state index in [0.717, 1.165) is 25.1 Å². The molecule has 3 nitrogen and oxygen atoms in total. The quantitative estimate of drug-likeness (QED) is 0.588. The van der Waals surface area contributed by atoms with Crippen molar-refractivity contribution in [3.8, 4) is 0 Å². The lowest BCUT2D eigenvalue weighted by Crippen LogP contribution is -2.41. The highest BCUT2D eigenvalue weighted by atomic mass is 28.4. The van der Waals surface area contributed by atoms with Crippen LogP contribution in [0.5, 0.6) is 0 Å². The van der Waals surface area contributed by atoms with Gasteiger partial charge in [0.2, 0.25) is 0 Å².